The second-order valence-corrected chi connectivity index (χ2v) is 6.55. The lowest BCUT2D eigenvalue weighted by atomic mass is 9.83. The van der Waals surface area contributed by atoms with Gasteiger partial charge in [-0.3, -0.25) is 0 Å². The van der Waals surface area contributed by atoms with Crippen molar-refractivity contribution in [3.63, 3.8) is 0 Å². The van der Waals surface area contributed by atoms with Crippen LogP contribution in [0.4, 0.5) is 0 Å². The van der Waals surface area contributed by atoms with E-state index in [1.165, 1.54) is 0 Å². The quantitative estimate of drug-likeness (QED) is 0.761. The predicted octanol–water partition coefficient (Wildman–Crippen LogP) is 1.19. The van der Waals surface area contributed by atoms with E-state index in [1.54, 1.807) is 4.80 Å². The number of rotatable bonds is 2. The van der Waals surface area contributed by atoms with Crippen LogP contribution in [0.1, 0.15) is 52.5 Å². The molecule has 0 bridgehead atoms. The molecule has 1 aromatic rings. The Morgan fingerprint density at radius 2 is 1.80 bits per heavy atom. The average molecular weight is 279 g/mol. The van der Waals surface area contributed by atoms with Crippen LogP contribution in [0.2, 0.25) is 0 Å². The lowest BCUT2D eigenvalue weighted by Crippen LogP contribution is -2.41. The van der Waals surface area contributed by atoms with Gasteiger partial charge < -0.3 is 14.0 Å². The van der Waals surface area contributed by atoms with Gasteiger partial charge in [0, 0.05) is 6.61 Å². The van der Waals surface area contributed by atoms with Gasteiger partial charge in [-0.15, -0.1) is 0 Å². The highest BCUT2D eigenvalue weighted by Crippen LogP contribution is 2.36. The van der Waals surface area contributed by atoms with Crippen LogP contribution in [0.5, 0.6) is 0 Å². The molecule has 0 aromatic carbocycles. The van der Waals surface area contributed by atoms with E-state index in [-0.39, 0.29) is 17.4 Å². The molecule has 110 valence electrons. The van der Waals surface area contributed by atoms with Gasteiger partial charge in [0.05, 0.1) is 16.9 Å². The fourth-order valence-electron chi connectivity index (χ4n) is 2.45. The minimum atomic E-state index is -0.463. The molecule has 3 heterocycles. The average Bonchev–Trinajstić information content (AvgIpc) is 2.98. The maximum atomic E-state index is 6.03. The van der Waals surface area contributed by atoms with Crippen molar-refractivity contribution < 1.29 is 14.0 Å². The normalized spacial score (nSPS) is 28.2. The lowest BCUT2D eigenvalue weighted by Gasteiger charge is -2.32. The Morgan fingerprint density at radius 1 is 1.15 bits per heavy atom. The number of nitrogens with zero attached hydrogens (tertiary/aromatic N) is 3. The first-order chi connectivity index (χ1) is 9.30. The van der Waals surface area contributed by atoms with Crippen LogP contribution >= 0.6 is 0 Å². The van der Waals surface area contributed by atoms with E-state index in [2.05, 4.69) is 10.2 Å². The van der Waals surface area contributed by atoms with Crippen molar-refractivity contribution in [2.24, 2.45) is 0 Å². The summed E-state index contributed by atoms with van der Waals surface area (Å²) in [6.45, 7) is 10.8. The molecule has 7 heteroatoms. The van der Waals surface area contributed by atoms with Crippen LogP contribution in [0, 0.1) is 6.92 Å². The first kappa shape index (κ1) is 14.0. The number of aryl methyl sites for hydroxylation is 1. The fraction of sp³-hybridized carbons (Fsp3) is 0.846. The summed E-state index contributed by atoms with van der Waals surface area (Å²) >= 11 is 0. The summed E-state index contributed by atoms with van der Waals surface area (Å²) in [7, 11) is -0.463. The summed E-state index contributed by atoms with van der Waals surface area (Å²) in [6.07, 6.45) is 1.96. The molecule has 2 aliphatic heterocycles. The van der Waals surface area contributed by atoms with Gasteiger partial charge in [0.15, 0.2) is 6.23 Å². The Balaban J connectivity index is 1.85. The van der Waals surface area contributed by atoms with E-state index in [9.17, 15) is 0 Å². The van der Waals surface area contributed by atoms with E-state index in [0.29, 0.717) is 0 Å². The third-order valence-electron chi connectivity index (χ3n) is 4.47. The molecule has 6 nitrogen and oxygen atoms in total. The van der Waals surface area contributed by atoms with Crippen LogP contribution in [0.25, 0.3) is 0 Å². The highest BCUT2D eigenvalue weighted by molar-refractivity contribution is 6.61. The van der Waals surface area contributed by atoms with Crippen LogP contribution < -0.4 is 5.59 Å². The van der Waals surface area contributed by atoms with Gasteiger partial charge in [-0.25, -0.2) is 0 Å². The molecule has 0 radical (unpaired) electrons. The molecule has 0 N–H and O–H groups in total. The van der Waals surface area contributed by atoms with Crippen molar-refractivity contribution in [3.8, 4) is 0 Å². The van der Waals surface area contributed by atoms with Gasteiger partial charge in [-0.1, -0.05) is 0 Å². The first-order valence-electron chi connectivity index (χ1n) is 7.21. The van der Waals surface area contributed by atoms with Gasteiger partial charge in [-0.2, -0.15) is 15.0 Å². The second-order valence-electron chi connectivity index (χ2n) is 6.55. The summed E-state index contributed by atoms with van der Waals surface area (Å²) in [4.78, 5) is 1.66. The Labute approximate surface area is 119 Å². The summed E-state index contributed by atoms with van der Waals surface area (Å²) in [6, 6.07) is 0. The van der Waals surface area contributed by atoms with Crippen LogP contribution in [-0.2, 0) is 14.0 Å². The monoisotopic (exact) mass is 279 g/mol. The maximum absolute atomic E-state index is 6.03. The third kappa shape index (κ3) is 2.17. The minimum absolute atomic E-state index is 0.0510. The maximum Gasteiger partial charge on any atom is 0.518 e. The zero-order valence-corrected chi connectivity index (χ0v) is 12.8. The van der Waals surface area contributed by atoms with Crippen LogP contribution in [0.15, 0.2) is 0 Å². The molecule has 0 amide bonds. The topological polar surface area (TPSA) is 58.4 Å². The summed E-state index contributed by atoms with van der Waals surface area (Å²) in [5.41, 5.74) is 0.855. The fourth-order valence-corrected chi connectivity index (χ4v) is 2.45. The smallest absolute Gasteiger partial charge is 0.398 e. The number of ether oxygens (including phenoxy) is 1. The third-order valence-corrected chi connectivity index (χ3v) is 4.47. The molecule has 3 rings (SSSR count). The molecule has 1 atom stereocenters. The minimum Gasteiger partial charge on any atom is -0.398 e. The molecule has 2 aliphatic rings. The zero-order chi connectivity index (χ0) is 14.5. The largest absolute Gasteiger partial charge is 0.518 e. The van der Waals surface area contributed by atoms with E-state index >= 15 is 0 Å². The number of aromatic nitrogens is 3. The standard InChI is InChI=1S/C13H22BN3O3/c1-9-11(14-19-12(2,3)13(4,5)20-14)16-17(15-9)10-7-6-8-18-10/h10H,6-8H2,1-5H3. The molecular formula is C13H22BN3O3. The van der Waals surface area contributed by atoms with E-state index < -0.39 is 7.12 Å². The van der Waals surface area contributed by atoms with E-state index in [4.69, 9.17) is 14.0 Å². The van der Waals surface area contributed by atoms with E-state index in [1.807, 2.05) is 34.6 Å². The molecule has 0 spiro atoms. The first-order valence-corrected chi connectivity index (χ1v) is 7.21. The molecule has 20 heavy (non-hydrogen) atoms. The molecule has 0 saturated carbocycles. The van der Waals surface area contributed by atoms with Gasteiger partial charge >= 0.3 is 7.12 Å². The Hall–Kier alpha value is -0.915. The molecule has 2 fully saturated rings. The van der Waals surface area contributed by atoms with Crippen molar-refractivity contribution in [3.05, 3.63) is 5.69 Å². The van der Waals surface area contributed by atoms with Crippen LogP contribution in [0.3, 0.4) is 0 Å². The van der Waals surface area contributed by atoms with Crippen molar-refractivity contribution in [2.45, 2.75) is 64.9 Å². The predicted molar refractivity (Wildman–Crippen MR) is 74.7 cm³/mol. The summed E-state index contributed by atoms with van der Waals surface area (Å²) < 4.78 is 17.7. The van der Waals surface area contributed by atoms with Crippen molar-refractivity contribution in [2.75, 3.05) is 6.61 Å². The molecule has 2 saturated heterocycles. The highest BCUT2D eigenvalue weighted by Gasteiger charge is 2.53. The molecule has 1 unspecified atom stereocenters. The SMILES string of the molecule is Cc1nn(C2CCCO2)nc1B1OC(C)(C)C(C)(C)O1. The summed E-state index contributed by atoms with van der Waals surface area (Å²) in [5, 5.41) is 8.99. The highest BCUT2D eigenvalue weighted by atomic mass is 16.7. The molecular weight excluding hydrogens is 257 g/mol. The van der Waals surface area contributed by atoms with Crippen molar-refractivity contribution in [1.29, 1.82) is 0 Å². The molecule has 1 aromatic heterocycles. The zero-order valence-electron chi connectivity index (χ0n) is 12.8. The lowest BCUT2D eigenvalue weighted by molar-refractivity contribution is 0.00578. The van der Waals surface area contributed by atoms with Crippen molar-refractivity contribution >= 4 is 12.7 Å². The Bertz CT molecular complexity index is 493. The second kappa shape index (κ2) is 4.54. The Morgan fingerprint density at radius 3 is 2.35 bits per heavy atom. The van der Waals surface area contributed by atoms with Gasteiger partial charge in [0.1, 0.15) is 5.59 Å². The van der Waals surface area contributed by atoms with Crippen molar-refractivity contribution in [1.82, 2.24) is 15.0 Å². The summed E-state index contributed by atoms with van der Waals surface area (Å²) in [5.74, 6) is 0. The number of hydrogen-bond donors (Lipinski definition) is 0. The van der Waals surface area contributed by atoms with Gasteiger partial charge in [0.2, 0.25) is 0 Å². The van der Waals surface area contributed by atoms with Gasteiger partial charge in [0.25, 0.3) is 0 Å². The number of hydrogen-bond acceptors (Lipinski definition) is 5. The Kier molecular flexibility index (Phi) is 3.19. The van der Waals surface area contributed by atoms with E-state index in [0.717, 1.165) is 30.7 Å². The van der Waals surface area contributed by atoms with Gasteiger partial charge in [-0.05, 0) is 47.5 Å². The molecule has 0 aliphatic carbocycles. The van der Waals surface area contributed by atoms with Crippen LogP contribution in [-0.4, -0.2) is 39.9 Å².